The van der Waals surface area contributed by atoms with Gasteiger partial charge in [0.05, 0.1) is 0 Å². The Labute approximate surface area is 156 Å². The number of benzene rings is 1. The smallest absolute Gasteiger partial charge is 0.526 e. The van der Waals surface area contributed by atoms with Crippen molar-refractivity contribution in [3.63, 3.8) is 0 Å². The maximum Gasteiger partial charge on any atom is 0.526 e. The first-order valence-electron chi connectivity index (χ1n) is 8.37. The number of rotatable bonds is 6. The Morgan fingerprint density at radius 3 is 3.08 bits per heavy atom. The molecule has 0 aliphatic carbocycles. The van der Waals surface area contributed by atoms with Gasteiger partial charge in [0.25, 0.3) is 0 Å². The zero-order valence-electron chi connectivity index (χ0n) is 14.6. The quantitative estimate of drug-likeness (QED) is 0.457. The van der Waals surface area contributed by atoms with Crippen molar-refractivity contribution in [2.75, 3.05) is 12.3 Å². The fourth-order valence-corrected chi connectivity index (χ4v) is 3.46. The second kappa shape index (κ2) is 7.88. The van der Waals surface area contributed by atoms with Gasteiger partial charge in [-0.2, -0.15) is 0 Å². The third-order valence-electron chi connectivity index (χ3n) is 4.18. The largest absolute Gasteiger partial charge is 0.536 e. The van der Waals surface area contributed by atoms with E-state index in [0.717, 1.165) is 11.1 Å². The molecule has 0 spiro atoms. The first-order valence-corrected chi connectivity index (χ1v) is 9.25. The Morgan fingerprint density at radius 1 is 1.58 bits per heavy atom. The highest BCUT2D eigenvalue weighted by molar-refractivity contribution is 7.13. The summed E-state index contributed by atoms with van der Waals surface area (Å²) in [5.41, 5.74) is 8.10. The normalized spacial score (nSPS) is 16.8. The van der Waals surface area contributed by atoms with Crippen LogP contribution < -0.4 is 10.4 Å². The molecule has 1 aromatic carbocycles. The number of carbonyl (C=O) groups excluding carboxylic acids is 1. The summed E-state index contributed by atoms with van der Waals surface area (Å²) in [5, 5.41) is 16.3. The fourth-order valence-electron chi connectivity index (χ4n) is 2.92. The van der Waals surface area contributed by atoms with Crippen LogP contribution in [0.1, 0.15) is 30.2 Å². The number of ketones is 1. The predicted molar refractivity (Wildman–Crippen MR) is 102 cm³/mol. The number of fused-ring (bicyclic) bond motifs is 1. The molecule has 9 heteroatoms. The highest BCUT2D eigenvalue weighted by atomic mass is 32.1. The molecule has 136 valence electrons. The molecule has 0 unspecified atom stereocenters. The monoisotopic (exact) mass is 373 g/mol. The second-order valence-electron chi connectivity index (χ2n) is 6.09. The van der Waals surface area contributed by atoms with Crippen molar-refractivity contribution < 1.29 is 19.3 Å². The number of anilines is 1. The van der Waals surface area contributed by atoms with Crippen molar-refractivity contribution in [2.45, 2.75) is 32.5 Å². The molecule has 0 fully saturated rings. The Kier molecular flexibility index (Phi) is 5.58. The van der Waals surface area contributed by atoms with Crippen LogP contribution in [0.3, 0.4) is 0 Å². The first kappa shape index (κ1) is 18.4. The lowest BCUT2D eigenvalue weighted by Gasteiger charge is -2.28. The number of hydrogen-bond acceptors (Lipinski definition) is 8. The van der Waals surface area contributed by atoms with Gasteiger partial charge in [0.2, 0.25) is 0 Å². The number of aromatic nitrogens is 1. The van der Waals surface area contributed by atoms with Gasteiger partial charge in [-0.05, 0) is 31.4 Å². The molecule has 2 aromatic rings. The topological polar surface area (TPSA) is 107 Å². The molecule has 1 aliphatic rings. The summed E-state index contributed by atoms with van der Waals surface area (Å²) in [6, 6.07) is 5.81. The SMILES string of the molecule is CCO/N=C(\C(=O)C[C@H]1Cc2cccc(C)c2OB1O)c1csc(N)n1. The lowest BCUT2D eigenvalue weighted by atomic mass is 9.64. The summed E-state index contributed by atoms with van der Waals surface area (Å²) >= 11 is 1.23. The lowest BCUT2D eigenvalue weighted by molar-refractivity contribution is -0.113. The van der Waals surface area contributed by atoms with E-state index in [1.807, 2.05) is 25.1 Å². The maximum absolute atomic E-state index is 12.8. The van der Waals surface area contributed by atoms with Gasteiger partial charge < -0.3 is 20.2 Å². The van der Waals surface area contributed by atoms with E-state index < -0.39 is 7.12 Å². The fraction of sp³-hybridized carbons (Fsp3) is 0.353. The number of nitrogen functional groups attached to an aromatic ring is 1. The number of thiazole rings is 1. The van der Waals surface area contributed by atoms with Gasteiger partial charge in [0.15, 0.2) is 16.6 Å². The molecule has 1 atom stereocenters. The predicted octanol–water partition coefficient (Wildman–Crippen LogP) is 2.22. The number of nitrogens with zero attached hydrogens (tertiary/aromatic N) is 2. The Bertz CT molecular complexity index is 839. The molecule has 1 aromatic heterocycles. The summed E-state index contributed by atoms with van der Waals surface area (Å²) in [5.74, 6) is 0.0475. The van der Waals surface area contributed by atoms with Crippen LogP contribution in [0.5, 0.6) is 5.75 Å². The zero-order valence-corrected chi connectivity index (χ0v) is 15.5. The summed E-state index contributed by atoms with van der Waals surface area (Å²) < 4.78 is 5.65. The van der Waals surface area contributed by atoms with Crippen molar-refractivity contribution in [2.24, 2.45) is 5.16 Å². The van der Waals surface area contributed by atoms with Crippen LogP contribution in [0.2, 0.25) is 5.82 Å². The van der Waals surface area contributed by atoms with Crippen LogP contribution in [0.15, 0.2) is 28.7 Å². The minimum Gasteiger partial charge on any atom is -0.536 e. The highest BCUT2D eigenvalue weighted by Crippen LogP contribution is 2.36. The van der Waals surface area contributed by atoms with E-state index in [2.05, 4.69) is 10.1 Å². The molecule has 1 aliphatic heterocycles. The highest BCUT2D eigenvalue weighted by Gasteiger charge is 2.37. The minimum absolute atomic E-state index is 0.0673. The summed E-state index contributed by atoms with van der Waals surface area (Å²) in [4.78, 5) is 22.0. The van der Waals surface area contributed by atoms with Gasteiger partial charge >= 0.3 is 7.12 Å². The maximum atomic E-state index is 12.8. The van der Waals surface area contributed by atoms with Crippen LogP contribution >= 0.6 is 11.3 Å². The molecule has 0 amide bonds. The average Bonchev–Trinajstić information content (AvgIpc) is 3.03. The molecule has 26 heavy (non-hydrogen) atoms. The van der Waals surface area contributed by atoms with Crippen molar-refractivity contribution >= 4 is 35.1 Å². The number of carbonyl (C=O) groups is 1. The first-order chi connectivity index (χ1) is 12.5. The van der Waals surface area contributed by atoms with Crippen molar-refractivity contribution in [1.82, 2.24) is 4.98 Å². The minimum atomic E-state index is -1.05. The third-order valence-corrected chi connectivity index (χ3v) is 4.85. The molecule has 3 N–H and O–H groups in total. The number of nitrogens with two attached hydrogens (primary N) is 1. The van der Waals surface area contributed by atoms with Crippen molar-refractivity contribution in [3.8, 4) is 5.75 Å². The molecule has 0 saturated carbocycles. The van der Waals surface area contributed by atoms with E-state index in [9.17, 15) is 9.82 Å². The number of oxime groups is 1. The number of aryl methyl sites for hydroxylation is 1. The molecule has 3 rings (SSSR count). The summed E-state index contributed by atoms with van der Waals surface area (Å²) in [7, 11) is -1.05. The van der Waals surface area contributed by atoms with Gasteiger partial charge in [0, 0.05) is 17.6 Å². The van der Waals surface area contributed by atoms with E-state index in [1.165, 1.54) is 11.3 Å². The number of Topliss-reactive ketones (excluding diaryl/α,β-unsaturated/α-hetero) is 1. The molecule has 0 saturated heterocycles. The van der Waals surface area contributed by atoms with Gasteiger partial charge in [-0.1, -0.05) is 23.4 Å². The van der Waals surface area contributed by atoms with Gasteiger partial charge in [0.1, 0.15) is 18.1 Å². The summed E-state index contributed by atoms with van der Waals surface area (Å²) in [6.45, 7) is 4.04. The Morgan fingerprint density at radius 2 is 2.38 bits per heavy atom. The van der Waals surface area contributed by atoms with Gasteiger partial charge in [-0.3, -0.25) is 4.79 Å². The molecular formula is C17H20BN3O4S. The van der Waals surface area contributed by atoms with Crippen LogP contribution in [0.4, 0.5) is 5.13 Å². The lowest BCUT2D eigenvalue weighted by Crippen LogP contribution is -2.36. The molecule has 2 heterocycles. The van der Waals surface area contributed by atoms with Crippen LogP contribution in [0.25, 0.3) is 0 Å². The van der Waals surface area contributed by atoms with E-state index in [-0.39, 0.29) is 23.7 Å². The van der Waals surface area contributed by atoms with Gasteiger partial charge in [-0.25, -0.2) is 4.98 Å². The van der Waals surface area contributed by atoms with Crippen molar-refractivity contribution in [1.29, 1.82) is 0 Å². The van der Waals surface area contributed by atoms with Crippen molar-refractivity contribution in [3.05, 3.63) is 40.4 Å². The van der Waals surface area contributed by atoms with Crippen LogP contribution in [-0.4, -0.2) is 35.2 Å². The molecular weight excluding hydrogens is 353 g/mol. The Hall–Kier alpha value is -2.39. The standard InChI is InChI=1S/C17H20BN3O4S/c1-3-24-21-15(13-9-26-17(19)20-13)14(22)8-12-7-11-6-4-5-10(2)16(11)25-18(12)23/h4-6,9,12,23H,3,7-8H2,1-2H3,(H2,19,20)/b21-15-/t12-/m1/s1. The average molecular weight is 373 g/mol. The third kappa shape index (κ3) is 3.89. The summed E-state index contributed by atoms with van der Waals surface area (Å²) in [6.07, 6.45) is 0.614. The van der Waals surface area contributed by atoms with E-state index >= 15 is 0 Å². The second-order valence-corrected chi connectivity index (χ2v) is 6.98. The van der Waals surface area contributed by atoms with E-state index in [1.54, 1.807) is 12.3 Å². The zero-order chi connectivity index (χ0) is 18.7. The molecule has 0 radical (unpaired) electrons. The molecule has 7 nitrogen and oxygen atoms in total. The Balaban J connectivity index is 1.79. The molecule has 0 bridgehead atoms. The number of hydrogen-bond donors (Lipinski definition) is 2. The van der Waals surface area contributed by atoms with E-state index in [0.29, 0.717) is 29.6 Å². The number of para-hydroxylation sites is 1. The van der Waals surface area contributed by atoms with Crippen LogP contribution in [0, 0.1) is 6.92 Å². The van der Waals surface area contributed by atoms with Crippen LogP contribution in [-0.2, 0) is 16.1 Å². The van der Waals surface area contributed by atoms with E-state index in [4.69, 9.17) is 15.2 Å². The van der Waals surface area contributed by atoms with Gasteiger partial charge in [-0.15, -0.1) is 11.3 Å².